The molecule has 1 fully saturated rings. The molecule has 37 heavy (non-hydrogen) atoms. The van der Waals surface area contributed by atoms with Gasteiger partial charge < -0.3 is 30.2 Å². The van der Waals surface area contributed by atoms with E-state index in [0.717, 1.165) is 0 Å². The van der Waals surface area contributed by atoms with Gasteiger partial charge in [0, 0.05) is 19.0 Å². The molecule has 0 aliphatic carbocycles. The van der Waals surface area contributed by atoms with Gasteiger partial charge in [-0.15, -0.1) is 0 Å². The minimum absolute atomic E-state index is 0.00802. The number of phosphoric ester groups is 1. The first-order valence-electron chi connectivity index (χ1n) is 11.7. The van der Waals surface area contributed by atoms with E-state index in [1.807, 2.05) is 0 Å². The van der Waals surface area contributed by atoms with Crippen molar-refractivity contribution in [3.8, 4) is 0 Å². The number of nitrogens with two attached hydrogens (primary N) is 1. The summed E-state index contributed by atoms with van der Waals surface area (Å²) in [7, 11) is -1.61. The van der Waals surface area contributed by atoms with Crippen LogP contribution in [-0.4, -0.2) is 87.2 Å². The lowest BCUT2D eigenvalue weighted by Gasteiger charge is -2.39. The Labute approximate surface area is 217 Å². The topological polar surface area (TPSA) is 182 Å². The Morgan fingerprint density at radius 3 is 2.41 bits per heavy atom. The Morgan fingerprint density at radius 2 is 1.84 bits per heavy atom. The molecule has 1 rings (SSSR count). The molecule has 0 aromatic heterocycles. The number of ether oxygens (including phenoxy) is 3. The largest absolute Gasteiger partial charge is 0.478 e. The van der Waals surface area contributed by atoms with E-state index >= 15 is 0 Å². The van der Waals surface area contributed by atoms with E-state index in [9.17, 15) is 23.7 Å². The molecule has 14 nitrogen and oxygen atoms in total. The van der Waals surface area contributed by atoms with Gasteiger partial charge in [0.15, 0.2) is 6.10 Å². The highest BCUT2D eigenvalue weighted by atomic mass is 31.2. The number of rotatable bonds is 12. The van der Waals surface area contributed by atoms with Gasteiger partial charge in [-0.2, -0.15) is 0 Å². The summed E-state index contributed by atoms with van der Waals surface area (Å²) in [5, 5.41) is 2.52. The van der Waals surface area contributed by atoms with Crippen LogP contribution in [0.3, 0.4) is 0 Å². The molecule has 2 amide bonds. The zero-order valence-electron chi connectivity index (χ0n) is 22.7. The highest BCUT2D eigenvalue weighted by Gasteiger charge is 2.49. The third kappa shape index (κ3) is 9.86. The van der Waals surface area contributed by atoms with Gasteiger partial charge in [-0.25, -0.2) is 13.9 Å². The highest BCUT2D eigenvalue weighted by molar-refractivity contribution is 7.48. The Hall–Kier alpha value is -2.25. The second-order valence-corrected chi connectivity index (χ2v) is 11.8. The first-order valence-corrected chi connectivity index (χ1v) is 13.2. The van der Waals surface area contributed by atoms with Crippen molar-refractivity contribution in [3.05, 3.63) is 0 Å². The first-order chi connectivity index (χ1) is 17.0. The number of carbonyl (C=O) groups is 4. The summed E-state index contributed by atoms with van der Waals surface area (Å²) in [4.78, 5) is 49.5. The Balaban J connectivity index is 2.64. The van der Waals surface area contributed by atoms with Crippen molar-refractivity contribution < 1.29 is 51.5 Å². The lowest BCUT2D eigenvalue weighted by molar-refractivity contribution is -0.149. The molecule has 0 aromatic carbocycles. The van der Waals surface area contributed by atoms with E-state index in [1.54, 1.807) is 41.5 Å². The fourth-order valence-corrected chi connectivity index (χ4v) is 4.28. The summed E-state index contributed by atoms with van der Waals surface area (Å²) in [6, 6.07) is -0.794. The number of carbonyl (C=O) groups excluding carboxylic acids is 4. The zero-order valence-corrected chi connectivity index (χ0v) is 23.6. The van der Waals surface area contributed by atoms with Gasteiger partial charge in [0.25, 0.3) is 0 Å². The summed E-state index contributed by atoms with van der Waals surface area (Å²) < 4.78 is 43.3. The highest BCUT2D eigenvalue weighted by Crippen LogP contribution is 2.57. The van der Waals surface area contributed by atoms with Crippen LogP contribution in [-0.2, 0) is 46.7 Å². The van der Waals surface area contributed by atoms with Crippen LogP contribution in [0.1, 0.15) is 48.0 Å². The average Bonchev–Trinajstić information content (AvgIpc) is 2.82. The van der Waals surface area contributed by atoms with E-state index in [4.69, 9.17) is 28.8 Å². The number of esters is 2. The van der Waals surface area contributed by atoms with Crippen molar-refractivity contribution in [2.45, 2.75) is 65.6 Å². The van der Waals surface area contributed by atoms with E-state index in [0.29, 0.717) is 0 Å². The number of likely N-dealkylation sites (N-methyl/N-ethyl adjacent to an activating group) is 1. The number of hydrogen-bond donors (Lipinski definition) is 2. The van der Waals surface area contributed by atoms with Crippen LogP contribution in [0.2, 0.25) is 0 Å². The number of hydrogen-bond acceptors (Lipinski definition) is 12. The van der Waals surface area contributed by atoms with Crippen LogP contribution < -0.4 is 11.1 Å². The summed E-state index contributed by atoms with van der Waals surface area (Å²) in [5.74, 6) is -1.83. The van der Waals surface area contributed by atoms with Crippen molar-refractivity contribution in [2.75, 3.05) is 40.7 Å². The standard InChI is InChI=1S/C22H40N3O11P/c1-14(2)16(23)19(28)32-12-22(5,6)25(7)20(29)33-13-35-37(30)34-11-21(3,4)17(36-37)18(27)24-10-9-15(26)31-8/h14,16-17H,9-13,23H2,1-8H3,(H,24,27)/t16-,17-,37+/m0/s1. The Bertz CT molecular complexity index is 878. The quantitative estimate of drug-likeness (QED) is 0.154. The normalized spacial score (nSPS) is 22.1. The van der Waals surface area contributed by atoms with E-state index < -0.39 is 61.7 Å². The lowest BCUT2D eigenvalue weighted by atomic mass is 9.87. The van der Waals surface area contributed by atoms with Crippen molar-refractivity contribution in [2.24, 2.45) is 17.1 Å². The summed E-state index contributed by atoms with van der Waals surface area (Å²) in [6.07, 6.45) is -2.15. The molecule has 1 aliphatic heterocycles. The van der Waals surface area contributed by atoms with Crippen LogP contribution in [0, 0.1) is 11.3 Å². The minimum atomic E-state index is -4.27. The van der Waals surface area contributed by atoms with Crippen LogP contribution >= 0.6 is 7.82 Å². The molecule has 0 bridgehead atoms. The predicted molar refractivity (Wildman–Crippen MR) is 130 cm³/mol. The molecular formula is C22H40N3O11P. The molecule has 15 heteroatoms. The monoisotopic (exact) mass is 553 g/mol. The molecule has 214 valence electrons. The molecule has 1 heterocycles. The molecule has 3 N–H and O–H groups in total. The van der Waals surface area contributed by atoms with E-state index in [1.165, 1.54) is 19.1 Å². The Morgan fingerprint density at radius 1 is 1.22 bits per heavy atom. The molecular weight excluding hydrogens is 513 g/mol. The maximum atomic E-state index is 12.9. The maximum absolute atomic E-state index is 12.9. The third-order valence-electron chi connectivity index (χ3n) is 5.77. The summed E-state index contributed by atoms with van der Waals surface area (Å²) >= 11 is 0. The van der Waals surface area contributed by atoms with Gasteiger partial charge >= 0.3 is 25.9 Å². The molecule has 0 spiro atoms. The minimum Gasteiger partial charge on any atom is -0.469 e. The molecule has 1 aliphatic rings. The van der Waals surface area contributed by atoms with Crippen LogP contribution in [0.4, 0.5) is 4.79 Å². The molecule has 0 radical (unpaired) electrons. The third-order valence-corrected chi connectivity index (χ3v) is 7.10. The van der Waals surface area contributed by atoms with Gasteiger partial charge in [-0.1, -0.05) is 27.7 Å². The fraction of sp³-hybridized carbons (Fsp3) is 0.818. The van der Waals surface area contributed by atoms with Gasteiger partial charge in [0.2, 0.25) is 12.7 Å². The number of nitrogens with one attached hydrogen (secondary N) is 1. The smallest absolute Gasteiger partial charge is 0.469 e. The summed E-state index contributed by atoms with van der Waals surface area (Å²) in [6.45, 7) is 9.08. The van der Waals surface area contributed by atoms with Crippen LogP contribution in [0.25, 0.3) is 0 Å². The maximum Gasteiger partial charge on any atom is 0.478 e. The van der Waals surface area contributed by atoms with Crippen LogP contribution in [0.5, 0.6) is 0 Å². The molecule has 1 saturated heterocycles. The lowest BCUT2D eigenvalue weighted by Crippen LogP contribution is -2.50. The number of phosphoric acid groups is 1. The van der Waals surface area contributed by atoms with E-state index in [-0.39, 0.29) is 32.1 Å². The van der Waals surface area contributed by atoms with Crippen molar-refractivity contribution in [3.63, 3.8) is 0 Å². The molecule has 0 unspecified atom stereocenters. The number of amides is 2. The summed E-state index contributed by atoms with van der Waals surface area (Å²) in [5.41, 5.74) is 3.93. The van der Waals surface area contributed by atoms with Gasteiger partial charge in [0.1, 0.15) is 12.6 Å². The number of methoxy groups -OCH3 is 1. The number of nitrogens with zero attached hydrogens (tertiary/aromatic N) is 1. The van der Waals surface area contributed by atoms with Crippen LogP contribution in [0.15, 0.2) is 0 Å². The van der Waals surface area contributed by atoms with Crippen molar-refractivity contribution in [1.29, 1.82) is 0 Å². The van der Waals surface area contributed by atoms with Gasteiger partial charge in [0.05, 0.1) is 25.7 Å². The molecule has 0 aromatic rings. The fourth-order valence-electron chi connectivity index (χ4n) is 2.77. The zero-order chi connectivity index (χ0) is 28.6. The Kier molecular flexibility index (Phi) is 12.0. The van der Waals surface area contributed by atoms with Gasteiger partial charge in [-0.05, 0) is 19.8 Å². The molecule has 0 saturated carbocycles. The van der Waals surface area contributed by atoms with Gasteiger partial charge in [-0.3, -0.25) is 23.4 Å². The van der Waals surface area contributed by atoms with Crippen molar-refractivity contribution in [1.82, 2.24) is 10.2 Å². The van der Waals surface area contributed by atoms with Crippen molar-refractivity contribution >= 4 is 31.8 Å². The predicted octanol–water partition coefficient (Wildman–Crippen LogP) is 1.56. The second kappa shape index (κ2) is 13.5. The average molecular weight is 554 g/mol. The first kappa shape index (κ1) is 32.8. The second-order valence-electron chi connectivity index (χ2n) is 10.2. The molecule has 3 atom stereocenters. The van der Waals surface area contributed by atoms with E-state index in [2.05, 4.69) is 10.1 Å². The SMILES string of the molecule is COC(=O)CCNC(=O)[C@@H]1O[P@@](=O)(OCOC(=O)N(C)C(C)(C)COC(=O)[C@@H](N)C(C)C)OCC1(C)C.